The lowest BCUT2D eigenvalue weighted by atomic mass is 10.0. The third-order valence-electron chi connectivity index (χ3n) is 5.76. The lowest BCUT2D eigenvalue weighted by Crippen LogP contribution is -2.55. The molecule has 2 N–H and O–H groups in total. The van der Waals surface area contributed by atoms with E-state index in [4.69, 9.17) is 14.6 Å². The second-order valence-corrected chi connectivity index (χ2v) is 8.26. The first-order valence-electron chi connectivity index (χ1n) is 11.0. The van der Waals surface area contributed by atoms with Crippen LogP contribution in [0.15, 0.2) is 66.9 Å². The first kappa shape index (κ1) is 25.9. The van der Waals surface area contributed by atoms with Crippen LogP contribution in [-0.2, 0) is 4.79 Å². The van der Waals surface area contributed by atoms with E-state index in [9.17, 15) is 26.7 Å². The fourth-order valence-electron chi connectivity index (χ4n) is 3.88. The van der Waals surface area contributed by atoms with Crippen molar-refractivity contribution in [3.05, 3.63) is 72.4 Å². The average molecular weight is 521 g/mol. The van der Waals surface area contributed by atoms with Crippen LogP contribution in [0, 0.1) is 0 Å². The zero-order valence-electron chi connectivity index (χ0n) is 19.0. The van der Waals surface area contributed by atoms with Crippen LogP contribution < -0.4 is 4.74 Å². The molecule has 1 fully saturated rings. The van der Waals surface area contributed by atoms with Gasteiger partial charge < -0.3 is 19.7 Å². The van der Waals surface area contributed by atoms with E-state index in [0.717, 1.165) is 16.3 Å². The number of aliphatic carboxylic acids is 1. The molecule has 0 spiro atoms. The van der Waals surface area contributed by atoms with Crippen molar-refractivity contribution in [2.24, 2.45) is 0 Å². The number of ether oxygens (including phenoxy) is 1. The van der Waals surface area contributed by atoms with Gasteiger partial charge >= 0.3 is 12.1 Å². The zero-order chi connectivity index (χ0) is 26.8. The van der Waals surface area contributed by atoms with Gasteiger partial charge in [-0.15, -0.1) is 0 Å². The molecule has 1 amide bonds. The van der Waals surface area contributed by atoms with Crippen molar-refractivity contribution in [3.63, 3.8) is 0 Å². The van der Waals surface area contributed by atoms with E-state index in [2.05, 4.69) is 9.97 Å². The number of para-hydroxylation sites is 1. The van der Waals surface area contributed by atoms with Gasteiger partial charge in [-0.2, -0.15) is 13.2 Å². The predicted molar refractivity (Wildman–Crippen MR) is 124 cm³/mol. The number of benzene rings is 2. The normalized spacial score (nSPS) is 17.2. The number of hydrogen-bond donors (Lipinski definition) is 2. The van der Waals surface area contributed by atoms with Crippen LogP contribution in [0.2, 0.25) is 0 Å². The lowest BCUT2D eigenvalue weighted by Gasteiger charge is -2.38. The summed E-state index contributed by atoms with van der Waals surface area (Å²) >= 11 is 0. The van der Waals surface area contributed by atoms with E-state index in [1.54, 1.807) is 36.5 Å². The number of nitrogens with one attached hydrogen (secondary N) is 1. The van der Waals surface area contributed by atoms with Crippen molar-refractivity contribution in [2.75, 3.05) is 13.1 Å². The Hall–Kier alpha value is -4.22. The van der Waals surface area contributed by atoms with E-state index in [1.165, 1.54) is 4.90 Å². The number of alkyl halides is 5. The van der Waals surface area contributed by atoms with Crippen LogP contribution in [0.4, 0.5) is 22.0 Å². The standard InChI is InChI=1S/C23H19F2N3O2.C2HF3O2/c24-23(25)11-13-28(22(29)17-5-3-7-19-16(17)10-12-26-19)14-20(23)30-21-9-8-15-4-1-2-6-18(15)27-21;3-2(4,5)1(6)7/h1-10,12,20,26H,11,13-14H2;(H,6,7). The summed E-state index contributed by atoms with van der Waals surface area (Å²) < 4.78 is 66.6. The van der Waals surface area contributed by atoms with Crippen molar-refractivity contribution in [2.45, 2.75) is 24.6 Å². The molecule has 3 heterocycles. The van der Waals surface area contributed by atoms with Gasteiger partial charge in [0, 0.05) is 47.1 Å². The number of pyridine rings is 1. The van der Waals surface area contributed by atoms with Gasteiger partial charge in [-0.3, -0.25) is 4.79 Å². The Balaban J connectivity index is 0.000000405. The number of fused-ring (bicyclic) bond motifs is 2. The number of amides is 1. The number of halogens is 5. The minimum absolute atomic E-state index is 0.0301. The molecule has 1 aliphatic rings. The molecule has 2 aromatic heterocycles. The molecule has 0 bridgehead atoms. The molecular formula is C25H20F5N3O4. The number of carbonyl (C=O) groups excluding carboxylic acids is 1. The van der Waals surface area contributed by atoms with Crippen LogP contribution in [0.1, 0.15) is 16.8 Å². The van der Waals surface area contributed by atoms with E-state index >= 15 is 0 Å². The van der Waals surface area contributed by atoms with Crippen LogP contribution in [0.3, 0.4) is 0 Å². The molecule has 1 saturated heterocycles. The summed E-state index contributed by atoms with van der Waals surface area (Å²) in [6.45, 7) is -0.237. The summed E-state index contributed by atoms with van der Waals surface area (Å²) in [6, 6.07) is 17.9. The van der Waals surface area contributed by atoms with Gasteiger partial charge in [0.25, 0.3) is 11.8 Å². The number of hydrogen-bond acceptors (Lipinski definition) is 4. The summed E-state index contributed by atoms with van der Waals surface area (Å²) in [4.78, 5) is 30.8. The van der Waals surface area contributed by atoms with Crippen molar-refractivity contribution in [1.82, 2.24) is 14.9 Å². The van der Waals surface area contributed by atoms with Crippen LogP contribution in [0.25, 0.3) is 21.8 Å². The zero-order valence-corrected chi connectivity index (χ0v) is 19.0. The summed E-state index contributed by atoms with van der Waals surface area (Å²) in [6.07, 6.45) is -5.25. The van der Waals surface area contributed by atoms with Gasteiger partial charge in [0.1, 0.15) is 0 Å². The third-order valence-corrected chi connectivity index (χ3v) is 5.76. The molecule has 5 rings (SSSR count). The number of rotatable bonds is 3. The SMILES string of the molecule is O=C(O)C(F)(F)F.O=C(c1cccc2[nH]ccc12)N1CCC(F)(F)C(Oc2ccc3ccccc3n2)C1. The molecule has 194 valence electrons. The Bertz CT molecular complexity index is 1440. The Kier molecular flexibility index (Phi) is 7.01. The third kappa shape index (κ3) is 5.79. The second kappa shape index (κ2) is 10.0. The molecule has 1 unspecified atom stereocenters. The smallest absolute Gasteiger partial charge is 0.475 e. The fraction of sp³-hybridized carbons (Fsp3) is 0.240. The van der Waals surface area contributed by atoms with Gasteiger partial charge in [-0.25, -0.2) is 18.6 Å². The maximum atomic E-state index is 14.6. The molecule has 0 saturated carbocycles. The van der Waals surface area contributed by atoms with E-state index < -0.39 is 30.6 Å². The topological polar surface area (TPSA) is 95.5 Å². The number of H-pyrrole nitrogens is 1. The molecule has 12 heteroatoms. The highest BCUT2D eigenvalue weighted by Gasteiger charge is 2.47. The maximum absolute atomic E-state index is 14.6. The van der Waals surface area contributed by atoms with E-state index in [1.807, 2.05) is 30.3 Å². The number of nitrogens with zero attached hydrogens (tertiary/aromatic N) is 2. The summed E-state index contributed by atoms with van der Waals surface area (Å²) in [5.41, 5.74) is 1.99. The van der Waals surface area contributed by atoms with Crippen LogP contribution in [0.5, 0.6) is 5.88 Å². The predicted octanol–water partition coefficient (Wildman–Crippen LogP) is 5.28. The minimum Gasteiger partial charge on any atom is -0.475 e. The van der Waals surface area contributed by atoms with Crippen molar-refractivity contribution >= 4 is 33.7 Å². The Morgan fingerprint density at radius 1 is 1.05 bits per heavy atom. The molecule has 37 heavy (non-hydrogen) atoms. The van der Waals surface area contributed by atoms with Crippen molar-refractivity contribution in [3.8, 4) is 5.88 Å². The Morgan fingerprint density at radius 3 is 2.51 bits per heavy atom. The molecule has 1 atom stereocenters. The largest absolute Gasteiger partial charge is 0.490 e. The van der Waals surface area contributed by atoms with Gasteiger partial charge in [0.2, 0.25) is 5.88 Å². The first-order chi connectivity index (χ1) is 17.5. The first-order valence-corrected chi connectivity index (χ1v) is 11.0. The number of carboxylic acid groups (broad SMARTS) is 1. The van der Waals surface area contributed by atoms with Gasteiger partial charge in [-0.05, 0) is 30.3 Å². The number of likely N-dealkylation sites (tertiary alicyclic amines) is 1. The molecule has 7 nitrogen and oxygen atoms in total. The van der Waals surface area contributed by atoms with Crippen LogP contribution >= 0.6 is 0 Å². The Labute approximate surface area is 206 Å². The quantitative estimate of drug-likeness (QED) is 0.358. The van der Waals surface area contributed by atoms with Crippen molar-refractivity contribution in [1.29, 1.82) is 0 Å². The Morgan fingerprint density at radius 2 is 1.78 bits per heavy atom. The number of aromatic amines is 1. The molecule has 1 aliphatic heterocycles. The summed E-state index contributed by atoms with van der Waals surface area (Å²) in [7, 11) is 0. The molecule has 2 aromatic carbocycles. The van der Waals surface area contributed by atoms with Gasteiger partial charge in [-0.1, -0.05) is 24.3 Å². The van der Waals surface area contributed by atoms with Crippen LogP contribution in [-0.4, -0.2) is 63.1 Å². The fourth-order valence-corrected chi connectivity index (χ4v) is 3.88. The molecular weight excluding hydrogens is 501 g/mol. The van der Waals surface area contributed by atoms with Crippen molar-refractivity contribution < 1.29 is 41.4 Å². The van der Waals surface area contributed by atoms with Gasteiger partial charge in [0.15, 0.2) is 6.10 Å². The van der Waals surface area contributed by atoms with E-state index in [-0.39, 0.29) is 24.9 Å². The summed E-state index contributed by atoms with van der Waals surface area (Å²) in [5.74, 6) is -5.96. The maximum Gasteiger partial charge on any atom is 0.490 e. The highest BCUT2D eigenvalue weighted by molar-refractivity contribution is 6.06. The molecule has 4 aromatic rings. The molecule has 0 aliphatic carbocycles. The average Bonchev–Trinajstić information content (AvgIpc) is 3.34. The highest BCUT2D eigenvalue weighted by atomic mass is 19.4. The number of carbonyl (C=O) groups is 2. The summed E-state index contributed by atoms with van der Waals surface area (Å²) in [5, 5.41) is 8.80. The number of carboxylic acids is 1. The number of aromatic nitrogens is 2. The highest BCUT2D eigenvalue weighted by Crippen LogP contribution is 2.33. The molecule has 0 radical (unpaired) electrons. The second-order valence-electron chi connectivity index (χ2n) is 8.26. The monoisotopic (exact) mass is 521 g/mol. The minimum atomic E-state index is -5.08. The lowest BCUT2D eigenvalue weighted by molar-refractivity contribution is -0.192. The van der Waals surface area contributed by atoms with E-state index in [0.29, 0.717) is 11.1 Å². The van der Waals surface area contributed by atoms with Gasteiger partial charge in [0.05, 0.1) is 12.1 Å². The number of piperidine rings is 1.